The first-order chi connectivity index (χ1) is 11.7. The standard InChI is InChI=1S/C18H24N4O2/c1-3-7-13(8-4-2)18(23)22-11-14(12-22)17-20-16(21-24-17)15-9-5-6-10-19-15/h5-6,9-10,13-14H,3-4,7-8,11-12H2,1-2H3. The number of hydrogen-bond donors (Lipinski definition) is 0. The molecule has 6 heteroatoms. The number of pyridine rings is 1. The second kappa shape index (κ2) is 7.55. The third kappa shape index (κ3) is 3.47. The van der Waals surface area contributed by atoms with Gasteiger partial charge in [-0.3, -0.25) is 9.78 Å². The fourth-order valence-corrected chi connectivity index (χ4v) is 3.16. The summed E-state index contributed by atoms with van der Waals surface area (Å²) in [7, 11) is 0. The Kier molecular flexibility index (Phi) is 5.23. The number of carbonyl (C=O) groups is 1. The molecule has 0 unspecified atom stereocenters. The van der Waals surface area contributed by atoms with Crippen molar-refractivity contribution in [1.82, 2.24) is 20.0 Å². The molecule has 0 radical (unpaired) electrons. The number of likely N-dealkylation sites (tertiary alicyclic amines) is 1. The Labute approximate surface area is 142 Å². The summed E-state index contributed by atoms with van der Waals surface area (Å²) in [4.78, 5) is 23.1. The summed E-state index contributed by atoms with van der Waals surface area (Å²) in [6.07, 6.45) is 5.74. The van der Waals surface area contributed by atoms with E-state index in [1.807, 2.05) is 23.1 Å². The highest BCUT2D eigenvalue weighted by molar-refractivity contribution is 5.79. The summed E-state index contributed by atoms with van der Waals surface area (Å²) in [5, 5.41) is 4.00. The van der Waals surface area contributed by atoms with Crippen LogP contribution in [0.15, 0.2) is 28.9 Å². The van der Waals surface area contributed by atoms with Crippen molar-refractivity contribution in [2.75, 3.05) is 13.1 Å². The Morgan fingerprint density at radius 2 is 2.04 bits per heavy atom. The molecule has 0 bridgehead atoms. The highest BCUT2D eigenvalue weighted by atomic mass is 16.5. The van der Waals surface area contributed by atoms with Gasteiger partial charge in [-0.1, -0.05) is 37.9 Å². The average molecular weight is 328 g/mol. The number of hydrogen-bond acceptors (Lipinski definition) is 5. The van der Waals surface area contributed by atoms with E-state index >= 15 is 0 Å². The zero-order valence-corrected chi connectivity index (χ0v) is 14.3. The fraction of sp³-hybridized carbons (Fsp3) is 0.556. The molecule has 6 nitrogen and oxygen atoms in total. The van der Waals surface area contributed by atoms with Crippen molar-refractivity contribution < 1.29 is 9.32 Å². The molecule has 24 heavy (non-hydrogen) atoms. The summed E-state index contributed by atoms with van der Waals surface area (Å²) >= 11 is 0. The van der Waals surface area contributed by atoms with Crippen molar-refractivity contribution in [3.8, 4) is 11.5 Å². The fourth-order valence-electron chi connectivity index (χ4n) is 3.16. The van der Waals surface area contributed by atoms with E-state index in [0.717, 1.165) is 25.7 Å². The Morgan fingerprint density at radius 1 is 1.29 bits per heavy atom. The molecule has 1 fully saturated rings. The molecule has 3 rings (SSSR count). The smallest absolute Gasteiger partial charge is 0.233 e. The van der Waals surface area contributed by atoms with Crippen LogP contribution in [0.1, 0.15) is 51.3 Å². The number of aromatic nitrogens is 3. The van der Waals surface area contributed by atoms with Crippen molar-refractivity contribution >= 4 is 5.91 Å². The summed E-state index contributed by atoms with van der Waals surface area (Å²) in [6, 6.07) is 5.60. The third-order valence-electron chi connectivity index (χ3n) is 4.50. The summed E-state index contributed by atoms with van der Waals surface area (Å²) in [5.41, 5.74) is 0.700. The quantitative estimate of drug-likeness (QED) is 0.780. The van der Waals surface area contributed by atoms with Crippen molar-refractivity contribution in [1.29, 1.82) is 0 Å². The van der Waals surface area contributed by atoms with Gasteiger partial charge in [0.25, 0.3) is 0 Å². The van der Waals surface area contributed by atoms with Crippen LogP contribution in [0.2, 0.25) is 0 Å². The molecule has 1 aliphatic heterocycles. The van der Waals surface area contributed by atoms with Crippen molar-refractivity contribution in [2.24, 2.45) is 5.92 Å². The number of rotatable bonds is 7. The van der Waals surface area contributed by atoms with E-state index in [1.54, 1.807) is 6.20 Å². The molecule has 128 valence electrons. The van der Waals surface area contributed by atoms with Crippen LogP contribution in [-0.4, -0.2) is 39.0 Å². The van der Waals surface area contributed by atoms with Crippen molar-refractivity contribution in [3.05, 3.63) is 30.3 Å². The maximum Gasteiger partial charge on any atom is 0.233 e. The normalized spacial score (nSPS) is 14.9. The topological polar surface area (TPSA) is 72.1 Å². The lowest BCUT2D eigenvalue weighted by Crippen LogP contribution is -2.50. The Hall–Kier alpha value is -2.24. The molecule has 0 aromatic carbocycles. The van der Waals surface area contributed by atoms with E-state index in [2.05, 4.69) is 29.0 Å². The Bertz CT molecular complexity index is 659. The third-order valence-corrected chi connectivity index (χ3v) is 4.50. The van der Waals surface area contributed by atoms with Crippen LogP contribution in [0, 0.1) is 5.92 Å². The van der Waals surface area contributed by atoms with Gasteiger partial charge in [-0.15, -0.1) is 0 Å². The molecule has 0 atom stereocenters. The van der Waals surface area contributed by atoms with Crippen LogP contribution in [0.25, 0.3) is 11.5 Å². The van der Waals surface area contributed by atoms with E-state index in [4.69, 9.17) is 4.52 Å². The minimum atomic E-state index is 0.141. The molecule has 3 heterocycles. The SMILES string of the molecule is CCCC(CCC)C(=O)N1CC(c2nc(-c3ccccn3)no2)C1. The van der Waals surface area contributed by atoms with Crippen molar-refractivity contribution in [2.45, 2.75) is 45.4 Å². The Balaban J connectivity index is 1.58. The summed E-state index contributed by atoms with van der Waals surface area (Å²) in [6.45, 7) is 5.61. The zero-order valence-electron chi connectivity index (χ0n) is 14.3. The molecular weight excluding hydrogens is 304 g/mol. The molecule has 0 aliphatic carbocycles. The molecule has 2 aromatic heterocycles. The van der Waals surface area contributed by atoms with Crippen molar-refractivity contribution in [3.63, 3.8) is 0 Å². The molecular formula is C18H24N4O2. The molecule has 0 N–H and O–H groups in total. The second-order valence-corrected chi connectivity index (χ2v) is 6.39. The van der Waals surface area contributed by atoms with Gasteiger partial charge in [-0.2, -0.15) is 4.98 Å². The van der Waals surface area contributed by atoms with Crippen LogP contribution in [-0.2, 0) is 4.79 Å². The van der Waals surface area contributed by atoms with Gasteiger partial charge in [0.2, 0.25) is 17.6 Å². The van der Waals surface area contributed by atoms with E-state index in [1.165, 1.54) is 0 Å². The van der Waals surface area contributed by atoms with Gasteiger partial charge in [0.05, 0.1) is 5.92 Å². The van der Waals surface area contributed by atoms with Gasteiger partial charge in [0.15, 0.2) is 0 Å². The lowest BCUT2D eigenvalue weighted by molar-refractivity contribution is -0.141. The first-order valence-electron chi connectivity index (χ1n) is 8.76. The highest BCUT2D eigenvalue weighted by Gasteiger charge is 2.37. The number of nitrogens with zero attached hydrogens (tertiary/aromatic N) is 4. The monoisotopic (exact) mass is 328 g/mol. The maximum absolute atomic E-state index is 12.6. The van der Waals surface area contributed by atoms with Crippen LogP contribution in [0.4, 0.5) is 0 Å². The molecule has 1 aliphatic rings. The predicted molar refractivity (Wildman–Crippen MR) is 90.2 cm³/mol. The van der Waals surface area contributed by atoms with Crippen LogP contribution < -0.4 is 0 Å². The predicted octanol–water partition coefficient (Wildman–Crippen LogP) is 3.27. The molecule has 1 saturated heterocycles. The van der Waals surface area contributed by atoms with Gasteiger partial charge in [0, 0.05) is 25.2 Å². The average Bonchev–Trinajstić information content (AvgIpc) is 3.03. The first-order valence-corrected chi connectivity index (χ1v) is 8.76. The molecule has 2 aromatic rings. The lowest BCUT2D eigenvalue weighted by Gasteiger charge is -2.39. The highest BCUT2D eigenvalue weighted by Crippen LogP contribution is 2.30. The molecule has 0 spiro atoms. The maximum atomic E-state index is 12.6. The van der Waals surface area contributed by atoms with E-state index in [9.17, 15) is 4.79 Å². The zero-order chi connectivity index (χ0) is 16.9. The lowest BCUT2D eigenvalue weighted by atomic mass is 9.92. The van der Waals surface area contributed by atoms with Crippen LogP contribution in [0.3, 0.4) is 0 Å². The molecule has 0 saturated carbocycles. The summed E-state index contributed by atoms with van der Waals surface area (Å²) in [5.74, 6) is 1.68. The van der Waals surface area contributed by atoms with E-state index in [0.29, 0.717) is 30.5 Å². The van der Waals surface area contributed by atoms with Gasteiger partial charge >= 0.3 is 0 Å². The van der Waals surface area contributed by atoms with Crippen LogP contribution >= 0.6 is 0 Å². The Morgan fingerprint density at radius 3 is 2.67 bits per heavy atom. The van der Waals surface area contributed by atoms with E-state index < -0.39 is 0 Å². The number of amides is 1. The molecule has 1 amide bonds. The van der Waals surface area contributed by atoms with Gasteiger partial charge in [-0.25, -0.2) is 0 Å². The summed E-state index contributed by atoms with van der Waals surface area (Å²) < 4.78 is 5.37. The largest absolute Gasteiger partial charge is 0.341 e. The second-order valence-electron chi connectivity index (χ2n) is 6.39. The minimum Gasteiger partial charge on any atom is -0.341 e. The first kappa shape index (κ1) is 16.6. The van der Waals surface area contributed by atoms with E-state index in [-0.39, 0.29) is 17.7 Å². The van der Waals surface area contributed by atoms with Crippen LogP contribution in [0.5, 0.6) is 0 Å². The van der Waals surface area contributed by atoms with Gasteiger partial charge < -0.3 is 9.42 Å². The van der Waals surface area contributed by atoms with Gasteiger partial charge in [-0.05, 0) is 25.0 Å². The van der Waals surface area contributed by atoms with Gasteiger partial charge in [0.1, 0.15) is 5.69 Å². The number of carbonyl (C=O) groups excluding carboxylic acids is 1. The minimum absolute atomic E-state index is 0.141.